The minimum absolute atomic E-state index is 0.236. The van der Waals surface area contributed by atoms with Crippen molar-refractivity contribution < 1.29 is 4.79 Å². The maximum Gasteiger partial charge on any atom is 0.225 e. The number of amides is 1. The van der Waals surface area contributed by atoms with E-state index in [1.165, 1.54) is 44.5 Å². The summed E-state index contributed by atoms with van der Waals surface area (Å²) >= 11 is 0. The lowest BCUT2D eigenvalue weighted by Gasteiger charge is -2.33. The molecule has 0 N–H and O–H groups in total. The molecule has 0 unspecified atom stereocenters. The third-order valence-corrected chi connectivity index (χ3v) is 6.97. The van der Waals surface area contributed by atoms with Crippen LogP contribution in [0.2, 0.25) is 0 Å². The predicted molar refractivity (Wildman–Crippen MR) is 130 cm³/mol. The van der Waals surface area contributed by atoms with Crippen LogP contribution in [0.3, 0.4) is 0 Å². The van der Waals surface area contributed by atoms with E-state index >= 15 is 0 Å². The van der Waals surface area contributed by atoms with Gasteiger partial charge in [0, 0.05) is 25.6 Å². The molecule has 1 amide bonds. The largest absolute Gasteiger partial charge is 0.342 e. The minimum atomic E-state index is 0.236. The highest BCUT2D eigenvalue weighted by atomic mass is 16.2. The summed E-state index contributed by atoms with van der Waals surface area (Å²) < 4.78 is 0. The van der Waals surface area contributed by atoms with E-state index in [4.69, 9.17) is 0 Å². The fourth-order valence-electron chi connectivity index (χ4n) is 5.00. The molecule has 4 rings (SSSR count). The fourth-order valence-corrected chi connectivity index (χ4v) is 5.00. The van der Waals surface area contributed by atoms with Gasteiger partial charge in [0.05, 0.1) is 0 Å². The molecule has 2 aliphatic heterocycles. The molecule has 0 spiro atoms. The molecule has 2 saturated heterocycles. The maximum atomic E-state index is 12.6. The Morgan fingerprint density at radius 1 is 0.839 bits per heavy atom. The van der Waals surface area contributed by atoms with Gasteiger partial charge in [-0.05, 0) is 62.6 Å². The van der Waals surface area contributed by atoms with Crippen molar-refractivity contribution in [2.45, 2.75) is 51.9 Å². The van der Waals surface area contributed by atoms with Crippen LogP contribution in [0.5, 0.6) is 0 Å². The first-order valence-corrected chi connectivity index (χ1v) is 12.3. The number of benzene rings is 2. The summed E-state index contributed by atoms with van der Waals surface area (Å²) in [4.78, 5) is 17.3. The van der Waals surface area contributed by atoms with Gasteiger partial charge in [-0.15, -0.1) is 0 Å². The number of piperidine rings is 1. The molecule has 2 aromatic carbocycles. The van der Waals surface area contributed by atoms with Crippen LogP contribution >= 0.6 is 0 Å². The van der Waals surface area contributed by atoms with Gasteiger partial charge < -0.3 is 9.80 Å². The van der Waals surface area contributed by atoms with Crippen molar-refractivity contribution in [3.05, 3.63) is 72.3 Å². The third-order valence-electron chi connectivity index (χ3n) is 6.97. The Labute approximate surface area is 189 Å². The fraction of sp³-hybridized carbons (Fsp3) is 0.536. The van der Waals surface area contributed by atoms with Crippen LogP contribution < -0.4 is 0 Å². The highest BCUT2D eigenvalue weighted by Crippen LogP contribution is 2.29. The Balaban J connectivity index is 0.000000391. The van der Waals surface area contributed by atoms with Crippen LogP contribution in [0, 0.1) is 11.8 Å². The van der Waals surface area contributed by atoms with E-state index in [2.05, 4.69) is 54.0 Å². The summed E-state index contributed by atoms with van der Waals surface area (Å²) in [5.74, 6) is 2.04. The zero-order valence-corrected chi connectivity index (χ0v) is 19.5. The molecule has 3 heteroatoms. The second-order valence-corrected chi connectivity index (χ2v) is 9.09. The zero-order valence-electron chi connectivity index (χ0n) is 19.5. The number of likely N-dealkylation sites (tertiary alicyclic amines) is 2. The average Bonchev–Trinajstić information content (AvgIpc) is 3.31. The Bertz CT molecular complexity index is 709. The van der Waals surface area contributed by atoms with Crippen LogP contribution in [0.1, 0.15) is 57.4 Å². The van der Waals surface area contributed by atoms with E-state index in [0.29, 0.717) is 11.8 Å². The minimum Gasteiger partial charge on any atom is -0.342 e. The highest BCUT2D eigenvalue weighted by molar-refractivity contribution is 5.79. The highest BCUT2D eigenvalue weighted by Gasteiger charge is 2.31. The second kappa shape index (κ2) is 12.7. The van der Waals surface area contributed by atoms with E-state index in [1.807, 2.05) is 36.4 Å². The Hall–Kier alpha value is -2.13. The van der Waals surface area contributed by atoms with Gasteiger partial charge in [0.15, 0.2) is 0 Å². The van der Waals surface area contributed by atoms with Gasteiger partial charge in [-0.3, -0.25) is 4.79 Å². The quantitative estimate of drug-likeness (QED) is 0.586. The van der Waals surface area contributed by atoms with Crippen LogP contribution in [0.25, 0.3) is 0 Å². The number of rotatable bonds is 6. The topological polar surface area (TPSA) is 23.6 Å². The summed E-state index contributed by atoms with van der Waals surface area (Å²) in [5.41, 5.74) is 1.50. The maximum absolute atomic E-state index is 12.6. The molecular formula is C28H40N2O. The van der Waals surface area contributed by atoms with E-state index < -0.39 is 0 Å². The lowest BCUT2D eigenvalue weighted by molar-refractivity contribution is -0.134. The van der Waals surface area contributed by atoms with Crippen molar-refractivity contribution in [1.82, 2.24) is 9.80 Å². The van der Waals surface area contributed by atoms with Crippen molar-refractivity contribution in [3.63, 3.8) is 0 Å². The number of carbonyl (C=O) groups is 1. The first kappa shape index (κ1) is 23.5. The standard InChI is InChI=1S/C22H34N2O.C6H6/c1-3-19(4-2)22(25)24-15-10-18(17-24)16-23-13-11-21(12-14-23)20-8-6-5-7-9-20;1-2-4-6-5-3-1/h5-9,18-19,21H,3-4,10-17H2,1-2H3;1-6H/t18-;/m0./s1. The predicted octanol–water partition coefficient (Wildman–Crippen LogP) is 5.84. The van der Waals surface area contributed by atoms with Gasteiger partial charge in [-0.2, -0.15) is 0 Å². The summed E-state index contributed by atoms with van der Waals surface area (Å²) in [7, 11) is 0. The van der Waals surface area contributed by atoms with Crippen molar-refractivity contribution >= 4 is 5.91 Å². The number of carbonyl (C=O) groups excluding carboxylic acids is 1. The molecule has 0 aliphatic carbocycles. The Morgan fingerprint density at radius 3 is 1.94 bits per heavy atom. The molecule has 2 aliphatic rings. The molecule has 2 fully saturated rings. The van der Waals surface area contributed by atoms with Crippen molar-refractivity contribution in [2.24, 2.45) is 11.8 Å². The molecule has 0 saturated carbocycles. The molecule has 2 heterocycles. The van der Waals surface area contributed by atoms with Crippen molar-refractivity contribution in [1.29, 1.82) is 0 Å². The molecule has 2 aromatic rings. The molecule has 0 bridgehead atoms. The summed E-state index contributed by atoms with van der Waals surface area (Å²) in [6.45, 7) is 9.81. The van der Waals surface area contributed by atoms with Gasteiger partial charge in [-0.25, -0.2) is 0 Å². The number of hydrogen-bond donors (Lipinski definition) is 0. The van der Waals surface area contributed by atoms with Crippen LogP contribution in [-0.4, -0.2) is 48.4 Å². The van der Waals surface area contributed by atoms with Gasteiger partial charge in [0.25, 0.3) is 0 Å². The Morgan fingerprint density at radius 2 is 1.39 bits per heavy atom. The summed E-state index contributed by atoms with van der Waals surface area (Å²) in [5, 5.41) is 0. The van der Waals surface area contributed by atoms with E-state index in [1.54, 1.807) is 0 Å². The second-order valence-electron chi connectivity index (χ2n) is 9.09. The van der Waals surface area contributed by atoms with Crippen LogP contribution in [0.15, 0.2) is 66.7 Å². The van der Waals surface area contributed by atoms with Crippen LogP contribution in [-0.2, 0) is 4.79 Å². The Kier molecular flexibility index (Phi) is 9.61. The van der Waals surface area contributed by atoms with Crippen molar-refractivity contribution in [3.8, 4) is 0 Å². The van der Waals surface area contributed by atoms with Crippen LogP contribution in [0.4, 0.5) is 0 Å². The molecule has 1 atom stereocenters. The lowest BCUT2D eigenvalue weighted by Crippen LogP contribution is -2.38. The number of hydrogen-bond acceptors (Lipinski definition) is 2. The average molecular weight is 421 g/mol. The van der Waals surface area contributed by atoms with Gasteiger partial charge in [0.2, 0.25) is 5.91 Å². The summed E-state index contributed by atoms with van der Waals surface area (Å²) in [6, 6.07) is 23.0. The molecular weight excluding hydrogens is 380 g/mol. The third kappa shape index (κ3) is 7.21. The lowest BCUT2D eigenvalue weighted by atomic mass is 9.89. The van der Waals surface area contributed by atoms with E-state index in [9.17, 15) is 4.79 Å². The first-order chi connectivity index (χ1) is 15.2. The van der Waals surface area contributed by atoms with E-state index in [0.717, 1.165) is 31.8 Å². The molecule has 0 aromatic heterocycles. The van der Waals surface area contributed by atoms with Gasteiger partial charge in [-0.1, -0.05) is 80.6 Å². The summed E-state index contributed by atoms with van der Waals surface area (Å²) in [6.07, 6.45) is 5.68. The van der Waals surface area contributed by atoms with Gasteiger partial charge in [0.1, 0.15) is 0 Å². The zero-order chi connectivity index (χ0) is 21.9. The molecule has 0 radical (unpaired) electrons. The van der Waals surface area contributed by atoms with E-state index in [-0.39, 0.29) is 5.92 Å². The SMILES string of the molecule is CCC(CC)C(=O)N1CC[C@@H](CN2CCC(c3ccccc3)CC2)C1.c1ccccc1. The monoisotopic (exact) mass is 420 g/mol. The smallest absolute Gasteiger partial charge is 0.225 e. The molecule has 3 nitrogen and oxygen atoms in total. The first-order valence-electron chi connectivity index (χ1n) is 12.3. The molecule has 31 heavy (non-hydrogen) atoms. The molecule has 168 valence electrons. The normalized spacial score (nSPS) is 19.8. The van der Waals surface area contributed by atoms with Gasteiger partial charge >= 0.3 is 0 Å². The number of nitrogens with zero attached hydrogens (tertiary/aromatic N) is 2. The van der Waals surface area contributed by atoms with Crippen molar-refractivity contribution in [2.75, 3.05) is 32.7 Å².